The van der Waals surface area contributed by atoms with Crippen molar-refractivity contribution in [1.82, 2.24) is 9.55 Å². The maximum atomic E-state index is 3.96. The van der Waals surface area contributed by atoms with Gasteiger partial charge in [0.05, 0.1) is 12.5 Å². The molecule has 1 rings (SSSR count). The number of aromatic nitrogens is 2. The Morgan fingerprint density at radius 1 is 1.78 bits per heavy atom. The van der Waals surface area contributed by atoms with E-state index in [0.717, 1.165) is 12.4 Å². The molecule has 0 aliphatic carbocycles. The molecule has 0 saturated carbocycles. The van der Waals surface area contributed by atoms with Crippen molar-refractivity contribution in [2.75, 3.05) is 12.4 Å². The SMILES string of the molecule is CCn1cncc1NC. The number of hydrogen-bond donors (Lipinski definition) is 1. The Balaban J connectivity index is 2.85. The molecule has 9 heavy (non-hydrogen) atoms. The molecule has 0 aliphatic heterocycles. The highest BCUT2D eigenvalue weighted by Gasteiger charge is 1.92. The van der Waals surface area contributed by atoms with Crippen molar-refractivity contribution in [3.8, 4) is 0 Å². The Morgan fingerprint density at radius 3 is 3.00 bits per heavy atom. The minimum atomic E-state index is 0.968. The van der Waals surface area contributed by atoms with Crippen LogP contribution in [0.4, 0.5) is 5.82 Å². The number of imidazole rings is 1. The number of anilines is 1. The molecule has 3 nitrogen and oxygen atoms in total. The monoisotopic (exact) mass is 125 g/mol. The summed E-state index contributed by atoms with van der Waals surface area (Å²) in [5.41, 5.74) is 0. The van der Waals surface area contributed by atoms with Gasteiger partial charge in [-0.1, -0.05) is 0 Å². The van der Waals surface area contributed by atoms with Gasteiger partial charge in [0, 0.05) is 13.6 Å². The molecule has 0 fully saturated rings. The van der Waals surface area contributed by atoms with Crippen LogP contribution in [-0.2, 0) is 6.54 Å². The third kappa shape index (κ3) is 1.04. The van der Waals surface area contributed by atoms with Crippen LogP contribution in [0.1, 0.15) is 6.92 Å². The normalized spacial score (nSPS) is 9.56. The van der Waals surface area contributed by atoms with Crippen LogP contribution in [0.3, 0.4) is 0 Å². The highest BCUT2D eigenvalue weighted by Crippen LogP contribution is 2.02. The lowest BCUT2D eigenvalue weighted by atomic mass is 10.6. The summed E-state index contributed by atoms with van der Waals surface area (Å²) >= 11 is 0. The van der Waals surface area contributed by atoms with E-state index < -0.39 is 0 Å². The van der Waals surface area contributed by atoms with E-state index in [1.807, 2.05) is 24.1 Å². The van der Waals surface area contributed by atoms with Crippen LogP contribution >= 0.6 is 0 Å². The van der Waals surface area contributed by atoms with E-state index in [1.165, 1.54) is 0 Å². The highest BCUT2D eigenvalue weighted by atomic mass is 15.1. The first-order valence-corrected chi connectivity index (χ1v) is 3.06. The predicted molar refractivity (Wildman–Crippen MR) is 37.4 cm³/mol. The fourth-order valence-electron chi connectivity index (χ4n) is 0.781. The minimum absolute atomic E-state index is 0.968. The molecule has 1 heterocycles. The lowest BCUT2D eigenvalue weighted by Gasteiger charge is -2.01. The van der Waals surface area contributed by atoms with Gasteiger partial charge >= 0.3 is 0 Å². The van der Waals surface area contributed by atoms with E-state index in [1.54, 1.807) is 0 Å². The van der Waals surface area contributed by atoms with Crippen LogP contribution < -0.4 is 5.32 Å². The first-order chi connectivity index (χ1) is 4.38. The summed E-state index contributed by atoms with van der Waals surface area (Å²) in [6.45, 7) is 3.05. The van der Waals surface area contributed by atoms with Crippen LogP contribution in [0.5, 0.6) is 0 Å². The maximum Gasteiger partial charge on any atom is 0.125 e. The molecule has 1 aromatic rings. The van der Waals surface area contributed by atoms with Gasteiger partial charge in [0.2, 0.25) is 0 Å². The molecule has 0 radical (unpaired) electrons. The molecule has 0 saturated heterocycles. The van der Waals surface area contributed by atoms with E-state index in [9.17, 15) is 0 Å². The van der Waals surface area contributed by atoms with Crippen molar-refractivity contribution in [3.05, 3.63) is 12.5 Å². The van der Waals surface area contributed by atoms with Gasteiger partial charge < -0.3 is 9.88 Å². The zero-order chi connectivity index (χ0) is 6.69. The largest absolute Gasteiger partial charge is 0.373 e. The molecule has 1 N–H and O–H groups in total. The Kier molecular flexibility index (Phi) is 1.72. The van der Waals surface area contributed by atoms with Crippen molar-refractivity contribution in [3.63, 3.8) is 0 Å². The van der Waals surface area contributed by atoms with Crippen molar-refractivity contribution < 1.29 is 0 Å². The van der Waals surface area contributed by atoms with E-state index in [-0.39, 0.29) is 0 Å². The number of rotatable bonds is 2. The molecule has 0 bridgehead atoms. The lowest BCUT2D eigenvalue weighted by Crippen LogP contribution is -1.98. The summed E-state index contributed by atoms with van der Waals surface area (Å²) in [5, 5.41) is 3.03. The second kappa shape index (κ2) is 2.53. The molecule has 1 aromatic heterocycles. The Labute approximate surface area is 54.7 Å². The zero-order valence-corrected chi connectivity index (χ0v) is 5.76. The molecule has 0 aliphatic rings. The van der Waals surface area contributed by atoms with Crippen molar-refractivity contribution in [1.29, 1.82) is 0 Å². The van der Waals surface area contributed by atoms with E-state index in [0.29, 0.717) is 0 Å². The highest BCUT2D eigenvalue weighted by molar-refractivity contribution is 5.31. The van der Waals surface area contributed by atoms with Crippen LogP contribution in [0.25, 0.3) is 0 Å². The summed E-state index contributed by atoms with van der Waals surface area (Å²) in [6.07, 6.45) is 3.62. The Hall–Kier alpha value is -0.990. The second-order valence-electron chi connectivity index (χ2n) is 1.81. The predicted octanol–water partition coefficient (Wildman–Crippen LogP) is 0.945. The zero-order valence-electron chi connectivity index (χ0n) is 5.76. The molecule has 0 spiro atoms. The van der Waals surface area contributed by atoms with Gasteiger partial charge in [-0.25, -0.2) is 4.98 Å². The summed E-state index contributed by atoms with van der Waals surface area (Å²) in [4.78, 5) is 3.96. The molecule has 3 heteroatoms. The first kappa shape index (κ1) is 6.13. The van der Waals surface area contributed by atoms with Gasteiger partial charge in [0.1, 0.15) is 5.82 Å². The van der Waals surface area contributed by atoms with Crippen molar-refractivity contribution in [2.24, 2.45) is 0 Å². The molecular weight excluding hydrogens is 114 g/mol. The average molecular weight is 125 g/mol. The van der Waals surface area contributed by atoms with Gasteiger partial charge in [-0.2, -0.15) is 0 Å². The molecule has 0 aromatic carbocycles. The van der Waals surface area contributed by atoms with E-state index in [2.05, 4.69) is 17.2 Å². The first-order valence-electron chi connectivity index (χ1n) is 3.06. The van der Waals surface area contributed by atoms with Crippen LogP contribution in [0, 0.1) is 0 Å². The van der Waals surface area contributed by atoms with Crippen LogP contribution in [0.15, 0.2) is 12.5 Å². The third-order valence-corrected chi connectivity index (χ3v) is 1.31. The van der Waals surface area contributed by atoms with E-state index in [4.69, 9.17) is 0 Å². The molecular formula is C6H11N3. The second-order valence-corrected chi connectivity index (χ2v) is 1.81. The Morgan fingerprint density at radius 2 is 2.56 bits per heavy atom. The summed E-state index contributed by atoms with van der Waals surface area (Å²) < 4.78 is 2.04. The lowest BCUT2D eigenvalue weighted by molar-refractivity contribution is 0.768. The number of nitrogens with zero attached hydrogens (tertiary/aromatic N) is 2. The van der Waals surface area contributed by atoms with Crippen molar-refractivity contribution >= 4 is 5.82 Å². The maximum absolute atomic E-state index is 3.96. The standard InChI is InChI=1S/C6H11N3/c1-3-9-5-8-4-6(9)7-2/h4-5,7H,3H2,1-2H3. The van der Waals surface area contributed by atoms with Crippen molar-refractivity contribution in [2.45, 2.75) is 13.5 Å². The molecule has 50 valence electrons. The van der Waals surface area contributed by atoms with Gasteiger partial charge in [-0.3, -0.25) is 0 Å². The summed E-state index contributed by atoms with van der Waals surface area (Å²) in [7, 11) is 1.89. The topological polar surface area (TPSA) is 29.9 Å². The van der Waals surface area contributed by atoms with Gasteiger partial charge in [0.15, 0.2) is 0 Å². The molecule has 0 atom stereocenters. The average Bonchev–Trinajstić information content (AvgIpc) is 2.33. The van der Waals surface area contributed by atoms with Gasteiger partial charge in [0.25, 0.3) is 0 Å². The fourth-order valence-corrected chi connectivity index (χ4v) is 0.781. The van der Waals surface area contributed by atoms with Crippen LogP contribution in [-0.4, -0.2) is 16.6 Å². The van der Waals surface area contributed by atoms with E-state index >= 15 is 0 Å². The third-order valence-electron chi connectivity index (χ3n) is 1.31. The smallest absolute Gasteiger partial charge is 0.125 e. The Bertz CT molecular complexity index is 162. The molecule has 0 amide bonds. The minimum Gasteiger partial charge on any atom is -0.373 e. The fraction of sp³-hybridized carbons (Fsp3) is 0.500. The molecule has 0 unspecified atom stereocenters. The van der Waals surface area contributed by atoms with Gasteiger partial charge in [-0.15, -0.1) is 0 Å². The van der Waals surface area contributed by atoms with Crippen LogP contribution in [0.2, 0.25) is 0 Å². The summed E-state index contributed by atoms with van der Waals surface area (Å²) in [6, 6.07) is 0. The number of nitrogens with one attached hydrogen (secondary N) is 1. The quantitative estimate of drug-likeness (QED) is 0.637. The number of aryl methyl sites for hydroxylation is 1. The summed E-state index contributed by atoms with van der Waals surface area (Å²) in [5.74, 6) is 1.07. The van der Waals surface area contributed by atoms with Gasteiger partial charge in [-0.05, 0) is 6.92 Å². The number of hydrogen-bond acceptors (Lipinski definition) is 2.